The number of nitrogens with one attached hydrogen (secondary N) is 1. The summed E-state index contributed by atoms with van der Waals surface area (Å²) < 4.78 is 0.765. The molecule has 3 aromatic rings. The summed E-state index contributed by atoms with van der Waals surface area (Å²) in [5.74, 6) is -1.13. The van der Waals surface area contributed by atoms with E-state index in [1.54, 1.807) is 60.4 Å². The number of fused-ring (bicyclic) bond motifs is 1. The van der Waals surface area contributed by atoms with E-state index in [2.05, 4.69) is 21.2 Å². The van der Waals surface area contributed by atoms with E-state index in [4.69, 9.17) is 5.11 Å². The van der Waals surface area contributed by atoms with E-state index >= 15 is 0 Å². The maximum absolute atomic E-state index is 13.6. The van der Waals surface area contributed by atoms with Crippen LogP contribution in [0.25, 0.3) is 0 Å². The van der Waals surface area contributed by atoms with Crippen molar-refractivity contribution in [3.05, 3.63) is 106 Å². The van der Waals surface area contributed by atoms with E-state index < -0.39 is 17.4 Å². The Hall–Kier alpha value is -3.26. The number of benzene rings is 3. The van der Waals surface area contributed by atoms with Crippen LogP contribution in [0.5, 0.6) is 0 Å². The molecule has 4 rings (SSSR count). The molecule has 0 bridgehead atoms. The highest BCUT2D eigenvalue weighted by Gasteiger charge is 2.52. The zero-order valence-corrected chi connectivity index (χ0v) is 20.9. The number of carbonyl (C=O) groups is 2. The lowest BCUT2D eigenvalue weighted by molar-refractivity contribution is -0.139. The van der Waals surface area contributed by atoms with Gasteiger partial charge in [0.05, 0.1) is 12.2 Å². The van der Waals surface area contributed by atoms with E-state index in [-0.39, 0.29) is 19.1 Å². The first-order valence-corrected chi connectivity index (χ1v) is 12.2. The second-order valence-corrected chi connectivity index (χ2v) is 9.48. The van der Waals surface area contributed by atoms with Crippen molar-refractivity contribution in [1.29, 1.82) is 0 Å². The third-order valence-electron chi connectivity index (χ3n) is 6.17. The van der Waals surface area contributed by atoms with Crippen LogP contribution in [0.4, 0.5) is 11.4 Å². The largest absolute Gasteiger partial charge is 0.396 e. The first-order chi connectivity index (χ1) is 16.8. The van der Waals surface area contributed by atoms with Gasteiger partial charge in [-0.15, -0.1) is 0 Å². The molecule has 0 radical (unpaired) electrons. The summed E-state index contributed by atoms with van der Waals surface area (Å²) in [5.41, 5.74) is 1.43. The average molecular weight is 535 g/mol. The van der Waals surface area contributed by atoms with Gasteiger partial charge >= 0.3 is 0 Å². The molecule has 2 atom stereocenters. The van der Waals surface area contributed by atoms with Crippen LogP contribution < -0.4 is 10.2 Å². The van der Waals surface area contributed by atoms with Crippen LogP contribution in [0.3, 0.4) is 0 Å². The Balaban J connectivity index is 1.61. The van der Waals surface area contributed by atoms with Crippen LogP contribution in [-0.4, -0.2) is 28.6 Å². The Kier molecular flexibility index (Phi) is 7.50. The number of nitrogens with zero attached hydrogens (tertiary/aromatic N) is 1. The smallest absolute Gasteiger partial charge is 0.264 e. The van der Waals surface area contributed by atoms with Gasteiger partial charge < -0.3 is 20.4 Å². The van der Waals surface area contributed by atoms with E-state index in [1.807, 2.05) is 36.4 Å². The molecule has 1 aliphatic rings. The minimum Gasteiger partial charge on any atom is -0.396 e. The number of aliphatic hydroxyl groups excluding tert-OH is 1. The van der Waals surface area contributed by atoms with Crippen LogP contribution in [0.15, 0.2) is 89.4 Å². The summed E-state index contributed by atoms with van der Waals surface area (Å²) in [6.45, 7) is 2.03. The normalized spacial score (nSPS) is 18.1. The van der Waals surface area contributed by atoms with Gasteiger partial charge in [-0.3, -0.25) is 9.59 Å². The first-order valence-electron chi connectivity index (χ1n) is 11.4. The fraction of sp³-hybridized carbons (Fsp3) is 0.214. The van der Waals surface area contributed by atoms with Crippen molar-refractivity contribution in [2.45, 2.75) is 25.5 Å². The molecule has 0 aliphatic carbocycles. The number of anilines is 2. The number of halogens is 1. The second-order valence-electron chi connectivity index (χ2n) is 8.57. The van der Waals surface area contributed by atoms with E-state index in [0.29, 0.717) is 28.9 Å². The number of hydrogen-bond acceptors (Lipinski definition) is 4. The van der Waals surface area contributed by atoms with Gasteiger partial charge in [-0.25, -0.2) is 0 Å². The average Bonchev–Trinajstić information content (AvgIpc) is 3.07. The summed E-state index contributed by atoms with van der Waals surface area (Å²) in [4.78, 5) is 27.8. The molecule has 1 heterocycles. The number of amides is 2. The van der Waals surface area contributed by atoms with E-state index in [9.17, 15) is 14.7 Å². The summed E-state index contributed by atoms with van der Waals surface area (Å²) in [5, 5.41) is 23.6. The molecular formula is C28H27BrN2O4. The van der Waals surface area contributed by atoms with Gasteiger partial charge in [0, 0.05) is 33.8 Å². The number of aliphatic hydroxyl groups is 2. The van der Waals surface area contributed by atoms with Crippen molar-refractivity contribution in [2.24, 2.45) is 5.92 Å². The highest BCUT2D eigenvalue weighted by Crippen LogP contribution is 2.46. The Morgan fingerprint density at radius 2 is 1.89 bits per heavy atom. The molecule has 3 aromatic carbocycles. The third-order valence-corrected chi connectivity index (χ3v) is 6.67. The Bertz CT molecular complexity index is 1260. The molecule has 3 N–H and O–H groups in total. The topological polar surface area (TPSA) is 89.9 Å². The van der Waals surface area contributed by atoms with E-state index in [0.717, 1.165) is 10.0 Å². The zero-order chi connectivity index (χ0) is 25.0. The van der Waals surface area contributed by atoms with Gasteiger partial charge in [0.2, 0.25) is 0 Å². The molecule has 6 nitrogen and oxygen atoms in total. The highest BCUT2D eigenvalue weighted by molar-refractivity contribution is 9.10. The predicted octanol–water partition coefficient (Wildman–Crippen LogP) is 5.01. The second kappa shape index (κ2) is 10.6. The van der Waals surface area contributed by atoms with Gasteiger partial charge in [-0.2, -0.15) is 0 Å². The number of carbonyl (C=O) groups excluding carboxylic acids is 2. The van der Waals surface area contributed by atoms with Crippen LogP contribution >= 0.6 is 15.9 Å². The molecule has 0 fully saturated rings. The molecular weight excluding hydrogens is 508 g/mol. The van der Waals surface area contributed by atoms with Crippen molar-refractivity contribution in [3.63, 3.8) is 0 Å². The standard InChI is InChI=1S/C28H27BrN2O4/c1-19(8-5-6-15-32)28(35)24-17-22(29)13-14-25(24)31(27(28)34)18-20-9-7-12-23(16-20)30-26(33)21-10-3-2-4-11-21/h2-5,7-14,16-17,19,32,35H,6,15,18H2,1H3,(H,30,33)/b8-5+/t19-,28+/m0/s1. The molecule has 180 valence electrons. The Morgan fingerprint density at radius 3 is 2.63 bits per heavy atom. The summed E-state index contributed by atoms with van der Waals surface area (Å²) in [6.07, 6.45) is 3.99. The summed E-state index contributed by atoms with van der Waals surface area (Å²) in [7, 11) is 0. The molecule has 0 saturated carbocycles. The molecule has 35 heavy (non-hydrogen) atoms. The summed E-state index contributed by atoms with van der Waals surface area (Å²) >= 11 is 3.46. The van der Waals surface area contributed by atoms with Crippen LogP contribution in [0, 0.1) is 5.92 Å². The molecule has 0 spiro atoms. The van der Waals surface area contributed by atoms with Gasteiger partial charge in [0.15, 0.2) is 5.60 Å². The molecule has 0 saturated heterocycles. The van der Waals surface area contributed by atoms with Gasteiger partial charge in [0.25, 0.3) is 11.8 Å². The van der Waals surface area contributed by atoms with Crippen molar-refractivity contribution >= 4 is 39.1 Å². The fourth-order valence-electron chi connectivity index (χ4n) is 4.31. The minimum absolute atomic E-state index is 0.000998. The fourth-order valence-corrected chi connectivity index (χ4v) is 4.67. The predicted molar refractivity (Wildman–Crippen MR) is 140 cm³/mol. The van der Waals surface area contributed by atoms with Crippen molar-refractivity contribution in [2.75, 3.05) is 16.8 Å². The molecule has 1 aliphatic heterocycles. The Morgan fingerprint density at radius 1 is 1.11 bits per heavy atom. The minimum atomic E-state index is -1.73. The summed E-state index contributed by atoms with van der Waals surface area (Å²) in [6, 6.07) is 21.7. The third kappa shape index (κ3) is 5.07. The van der Waals surface area contributed by atoms with Gasteiger partial charge in [-0.05, 0) is 54.4 Å². The molecule has 7 heteroatoms. The molecule has 2 amide bonds. The quantitative estimate of drug-likeness (QED) is 0.354. The molecule has 0 unspecified atom stereocenters. The maximum atomic E-state index is 13.6. The molecule has 0 aromatic heterocycles. The lowest BCUT2D eigenvalue weighted by Gasteiger charge is -2.27. The van der Waals surface area contributed by atoms with Gasteiger partial charge in [0.1, 0.15) is 0 Å². The van der Waals surface area contributed by atoms with Crippen molar-refractivity contribution in [3.8, 4) is 0 Å². The SMILES string of the molecule is C[C@@H](/C=C/CCO)[C@]1(O)C(=O)N(Cc2cccc(NC(=O)c3ccccc3)c2)c2ccc(Br)cc21. The maximum Gasteiger partial charge on any atom is 0.264 e. The lowest BCUT2D eigenvalue weighted by atomic mass is 9.83. The number of rotatable bonds is 8. The zero-order valence-electron chi connectivity index (χ0n) is 19.3. The number of hydrogen-bond donors (Lipinski definition) is 3. The van der Waals surface area contributed by atoms with Crippen LogP contribution in [0.1, 0.15) is 34.8 Å². The van der Waals surface area contributed by atoms with Gasteiger partial charge in [-0.1, -0.05) is 65.3 Å². The lowest BCUT2D eigenvalue weighted by Crippen LogP contribution is -2.44. The van der Waals surface area contributed by atoms with E-state index in [1.165, 1.54) is 0 Å². The monoisotopic (exact) mass is 534 g/mol. The highest BCUT2D eigenvalue weighted by atomic mass is 79.9. The van der Waals surface area contributed by atoms with Crippen molar-refractivity contribution in [1.82, 2.24) is 0 Å². The Labute approximate surface area is 213 Å². The van der Waals surface area contributed by atoms with Crippen LogP contribution in [-0.2, 0) is 16.9 Å². The van der Waals surface area contributed by atoms with Crippen LogP contribution in [0.2, 0.25) is 0 Å². The first kappa shape index (κ1) is 24.9. The van der Waals surface area contributed by atoms with Crippen molar-refractivity contribution < 1.29 is 19.8 Å².